The van der Waals surface area contributed by atoms with Crippen LogP contribution >= 0.6 is 15.6 Å². The van der Waals surface area contributed by atoms with Gasteiger partial charge in [0, 0.05) is 39.6 Å². The third-order valence-corrected chi connectivity index (χ3v) is 15.9. The van der Waals surface area contributed by atoms with Crippen LogP contribution < -0.4 is 19.7 Å². The number of nitrogens with one attached hydrogen (secondary N) is 4. The van der Waals surface area contributed by atoms with Gasteiger partial charge >= 0.3 is 27.8 Å². The Labute approximate surface area is 437 Å². The number of fused-ring (bicyclic) bond motifs is 2. The van der Waals surface area contributed by atoms with Gasteiger partial charge < -0.3 is 48.9 Å². The fourth-order valence-electron chi connectivity index (χ4n) is 10.3. The van der Waals surface area contributed by atoms with Gasteiger partial charge in [-0.05, 0) is 95.7 Å². The molecule has 0 spiro atoms. The first-order valence-corrected chi connectivity index (χ1v) is 27.5. The highest BCUT2D eigenvalue weighted by molar-refractivity contribution is 7.48. The van der Waals surface area contributed by atoms with Crippen LogP contribution in [0.4, 0.5) is 9.59 Å². The largest absolute Gasteiger partial charge is 0.527 e. The van der Waals surface area contributed by atoms with Gasteiger partial charge in [-0.2, -0.15) is 0 Å². The lowest BCUT2D eigenvalue weighted by Crippen LogP contribution is -2.52. The predicted molar refractivity (Wildman–Crippen MR) is 275 cm³/mol. The highest BCUT2D eigenvalue weighted by atomic mass is 31.2. The van der Waals surface area contributed by atoms with E-state index in [1.54, 1.807) is 41.6 Å². The van der Waals surface area contributed by atoms with Crippen molar-refractivity contribution >= 4 is 39.6 Å². The number of phosphoric acid groups is 2. The summed E-state index contributed by atoms with van der Waals surface area (Å²) in [5.41, 5.74) is 6.66. The zero-order chi connectivity index (χ0) is 53.7. The number of rotatable bonds is 19. The molecule has 24 heteroatoms. The number of aromatic amines is 2. The minimum absolute atomic E-state index is 0.0336. The minimum Gasteiger partial charge on any atom is -0.453 e. The lowest BCUT2D eigenvalue weighted by atomic mass is 9.96. The van der Waals surface area contributed by atoms with E-state index in [0.717, 1.165) is 73.5 Å². The van der Waals surface area contributed by atoms with E-state index in [4.69, 9.17) is 28.5 Å². The molecule has 2 saturated heterocycles. The standard InChI is InChI=1S/C52H58N8O14P2/c1-69-51(63)57-41(26-31-7-21-39(22-8-31)73-75(65,66)71-3)49(61)59-25-5-6-45(59)47-53-29-43(55-47)35-15-11-33(12-16-35)34-13-17-36(18-14-34)44-30-54-48(56-44)46-37-19-20-38(28-37)60(46)50(62)42(58-52(64)70-2)27-32-9-23-40(24-10-32)74-76(67,68)72-4/h7-18,21-24,29-30,37-38,41-42,45-46H,5-6,19-20,25-28H2,1-4H3,(H,53,55)(H,54,56)(H,57,63)(H,58,64)(H,65,66)(H,67,68)/t37-,38-,41-,42+,45-,46+/m0/s1. The van der Waals surface area contributed by atoms with Crippen LogP contribution in [0.3, 0.4) is 0 Å². The zero-order valence-electron chi connectivity index (χ0n) is 42.0. The number of H-pyrrole nitrogens is 2. The molecule has 1 saturated carbocycles. The summed E-state index contributed by atoms with van der Waals surface area (Å²) in [5.74, 6) is 1.07. The van der Waals surface area contributed by atoms with Crippen LogP contribution in [0.1, 0.15) is 67.0 Å². The molecule has 2 unspecified atom stereocenters. The lowest BCUT2D eigenvalue weighted by molar-refractivity contribution is -0.138. The molecule has 22 nitrogen and oxygen atoms in total. The first-order valence-electron chi connectivity index (χ1n) is 24.5. The number of imidazole rings is 2. The van der Waals surface area contributed by atoms with Crippen molar-refractivity contribution in [3.63, 3.8) is 0 Å². The maximum Gasteiger partial charge on any atom is 0.527 e. The molecule has 3 fully saturated rings. The minimum atomic E-state index is -4.27. The molecule has 3 aliphatic rings. The molecule has 1 aliphatic carbocycles. The summed E-state index contributed by atoms with van der Waals surface area (Å²) in [6.07, 6.45) is 6.20. The molecule has 2 bridgehead atoms. The Hall–Kier alpha value is -7.32. The highest BCUT2D eigenvalue weighted by Gasteiger charge is 2.51. The molecule has 2 aliphatic heterocycles. The number of hydrogen-bond donors (Lipinski definition) is 6. The number of carbonyl (C=O) groups is 4. The van der Waals surface area contributed by atoms with Gasteiger partial charge in [0.05, 0.1) is 50.1 Å². The molecule has 4 heterocycles. The second-order valence-electron chi connectivity index (χ2n) is 18.7. The first-order chi connectivity index (χ1) is 36.5. The van der Waals surface area contributed by atoms with E-state index in [-0.39, 0.29) is 60.2 Å². The maximum atomic E-state index is 14.5. The van der Waals surface area contributed by atoms with Crippen molar-refractivity contribution in [1.29, 1.82) is 0 Å². The quantitative estimate of drug-likeness (QED) is 0.0418. The number of likely N-dealkylation sites (tertiary alicyclic amines) is 2. The normalized spacial score (nSPS) is 20.2. The zero-order valence-corrected chi connectivity index (χ0v) is 43.8. The Morgan fingerprint density at radius 3 is 1.58 bits per heavy atom. The number of piperidine rings is 1. The molecule has 9 rings (SSSR count). The number of aromatic nitrogens is 4. The number of phosphoric ester groups is 2. The van der Waals surface area contributed by atoms with E-state index in [2.05, 4.69) is 29.6 Å². The van der Waals surface area contributed by atoms with Gasteiger partial charge in [-0.25, -0.2) is 28.7 Å². The number of amides is 4. The Kier molecular flexibility index (Phi) is 16.1. The average Bonchev–Trinajstić information content (AvgIpc) is 4.31. The Balaban J connectivity index is 0.846. The number of methoxy groups -OCH3 is 2. The fraction of sp³-hybridized carbons (Fsp3) is 0.346. The van der Waals surface area contributed by atoms with Crippen molar-refractivity contribution in [1.82, 2.24) is 40.4 Å². The van der Waals surface area contributed by atoms with Crippen molar-refractivity contribution in [3.8, 4) is 45.1 Å². The number of benzene rings is 4. The molecule has 0 radical (unpaired) electrons. The van der Waals surface area contributed by atoms with Crippen LogP contribution in [0.2, 0.25) is 0 Å². The average molecular weight is 1080 g/mol. The number of carbonyl (C=O) groups excluding carboxylic acids is 4. The second kappa shape index (κ2) is 22.9. The molecule has 6 aromatic rings. The molecule has 6 N–H and O–H groups in total. The van der Waals surface area contributed by atoms with Gasteiger partial charge in [0.1, 0.15) is 35.2 Å². The van der Waals surface area contributed by atoms with E-state index in [1.165, 1.54) is 38.5 Å². The van der Waals surface area contributed by atoms with Crippen molar-refractivity contribution in [2.75, 3.05) is 35.0 Å². The highest BCUT2D eigenvalue weighted by Crippen LogP contribution is 2.50. The summed E-state index contributed by atoms with van der Waals surface area (Å²) in [6, 6.07) is 25.9. The van der Waals surface area contributed by atoms with Crippen molar-refractivity contribution in [2.45, 2.75) is 75.2 Å². The predicted octanol–water partition coefficient (Wildman–Crippen LogP) is 8.04. The summed E-state index contributed by atoms with van der Waals surface area (Å²) < 4.78 is 52.5. The van der Waals surface area contributed by atoms with Gasteiger partial charge in [0.25, 0.3) is 0 Å². The number of ether oxygens (including phenoxy) is 2. The second-order valence-corrected chi connectivity index (χ2v) is 21.7. The van der Waals surface area contributed by atoms with Gasteiger partial charge in [-0.1, -0.05) is 72.8 Å². The van der Waals surface area contributed by atoms with Crippen LogP contribution in [0.5, 0.6) is 11.5 Å². The van der Waals surface area contributed by atoms with E-state index in [1.807, 2.05) is 53.4 Å². The maximum absolute atomic E-state index is 14.5. The summed E-state index contributed by atoms with van der Waals surface area (Å²) in [4.78, 5) is 93.0. The van der Waals surface area contributed by atoms with Crippen LogP contribution in [0.15, 0.2) is 109 Å². The summed E-state index contributed by atoms with van der Waals surface area (Å²) in [6.45, 7) is 0.454. The lowest BCUT2D eigenvalue weighted by Gasteiger charge is -2.36. The van der Waals surface area contributed by atoms with Crippen molar-refractivity contribution in [2.24, 2.45) is 5.92 Å². The summed E-state index contributed by atoms with van der Waals surface area (Å²) in [5, 5.41) is 5.39. The molecule has 8 atom stereocenters. The monoisotopic (exact) mass is 1080 g/mol. The van der Waals surface area contributed by atoms with Crippen molar-refractivity contribution in [3.05, 3.63) is 132 Å². The van der Waals surface area contributed by atoms with Crippen LogP contribution in [0.25, 0.3) is 33.6 Å². The van der Waals surface area contributed by atoms with E-state index in [0.29, 0.717) is 35.7 Å². The molecule has 76 heavy (non-hydrogen) atoms. The molecule has 4 aromatic carbocycles. The topological polar surface area (TPSA) is 286 Å². The molecule has 2 aromatic heterocycles. The van der Waals surface area contributed by atoms with Crippen molar-refractivity contribution < 1.29 is 65.7 Å². The van der Waals surface area contributed by atoms with Crippen LogP contribution in [0, 0.1) is 5.92 Å². The Morgan fingerprint density at radius 1 is 0.632 bits per heavy atom. The van der Waals surface area contributed by atoms with Crippen LogP contribution in [-0.4, -0.2) is 117 Å². The molecular weight excluding hydrogens is 1020 g/mol. The van der Waals surface area contributed by atoms with Gasteiger partial charge in [0.2, 0.25) is 11.8 Å². The van der Waals surface area contributed by atoms with E-state index < -0.39 is 39.9 Å². The SMILES string of the molecule is COC(=O)N[C@@H](Cc1ccc(OP(=O)(O)OC)cc1)C(=O)N1CCC[C@H]1c1ncc(-c2ccc(-c3ccc(-c4cnc([C@H]5[C@H]6CC[C@@H](C6)N5C(=O)[C@@H](Cc5ccc(OP(=O)(O)OC)cc5)NC(=O)OC)[nH]4)cc3)cc2)[nH]1. The van der Waals surface area contributed by atoms with E-state index in [9.17, 15) is 38.1 Å². The number of alkyl carbamates (subject to hydrolysis) is 2. The third kappa shape index (κ3) is 12.2. The van der Waals surface area contributed by atoms with Gasteiger partial charge in [0.15, 0.2) is 0 Å². The van der Waals surface area contributed by atoms with Gasteiger partial charge in [-0.15, -0.1) is 0 Å². The van der Waals surface area contributed by atoms with Gasteiger partial charge in [-0.3, -0.25) is 28.4 Å². The fourth-order valence-corrected chi connectivity index (χ4v) is 11.2. The molecule has 4 amide bonds. The Morgan fingerprint density at radius 2 is 1.09 bits per heavy atom. The summed E-state index contributed by atoms with van der Waals surface area (Å²) >= 11 is 0. The molecular formula is C52H58N8O14P2. The van der Waals surface area contributed by atoms with Crippen LogP contribution in [-0.2, 0) is 50.1 Å². The third-order valence-electron chi connectivity index (χ3n) is 14.1. The Bertz CT molecular complexity index is 3140. The van der Waals surface area contributed by atoms with E-state index >= 15 is 0 Å². The number of nitrogens with zero attached hydrogens (tertiary/aromatic N) is 4. The number of hydrogen-bond acceptors (Lipinski definition) is 14. The smallest absolute Gasteiger partial charge is 0.453 e. The summed E-state index contributed by atoms with van der Waals surface area (Å²) in [7, 11) is -3.95. The molecule has 400 valence electrons. The first kappa shape index (κ1) is 53.5.